The first-order valence-corrected chi connectivity index (χ1v) is 12.6. The molecule has 1 heterocycles. The summed E-state index contributed by atoms with van der Waals surface area (Å²) in [4.78, 5) is 15.2. The third-order valence-electron chi connectivity index (χ3n) is 7.41. The summed E-state index contributed by atoms with van der Waals surface area (Å²) in [5.41, 5.74) is 3.67. The maximum absolute atomic E-state index is 12.8. The van der Waals surface area contributed by atoms with Crippen LogP contribution < -0.4 is 4.90 Å². The number of rotatable bonds is 7. The Morgan fingerprint density at radius 1 is 1.19 bits per heavy atom. The van der Waals surface area contributed by atoms with Crippen molar-refractivity contribution in [3.63, 3.8) is 0 Å². The standard InChI is InChI=1S/C27H42ClNO2/c1-6-20-8-7-13-29(14-11-20)24-10-9-21(25(30)12-15-31-5)16-23(24)22-17-26(2,3)19-27(4,28)18-22/h9-10,16,20,22H,6-8,11-15,17-19H2,1-5H3. The number of anilines is 1. The van der Waals surface area contributed by atoms with Gasteiger partial charge in [0.05, 0.1) is 6.61 Å². The maximum Gasteiger partial charge on any atom is 0.165 e. The highest BCUT2D eigenvalue weighted by Gasteiger charge is 2.41. The molecule has 1 aliphatic carbocycles. The first-order chi connectivity index (χ1) is 14.6. The average Bonchev–Trinajstić information content (AvgIpc) is 2.95. The fourth-order valence-electron chi connectivity index (χ4n) is 6.11. The van der Waals surface area contributed by atoms with E-state index in [0.717, 1.165) is 43.8 Å². The number of ketones is 1. The zero-order valence-corrected chi connectivity index (χ0v) is 21.1. The summed E-state index contributed by atoms with van der Waals surface area (Å²) >= 11 is 6.98. The average molecular weight is 448 g/mol. The lowest BCUT2D eigenvalue weighted by atomic mass is 9.65. The molecule has 0 bridgehead atoms. The van der Waals surface area contributed by atoms with Crippen LogP contribution in [0.3, 0.4) is 0 Å². The monoisotopic (exact) mass is 447 g/mol. The normalized spacial score (nSPS) is 28.9. The molecule has 2 fully saturated rings. The van der Waals surface area contributed by atoms with Crippen LogP contribution in [0.2, 0.25) is 0 Å². The Morgan fingerprint density at radius 3 is 2.65 bits per heavy atom. The van der Waals surface area contributed by atoms with Crippen molar-refractivity contribution < 1.29 is 9.53 Å². The zero-order chi connectivity index (χ0) is 22.6. The number of nitrogens with zero attached hydrogens (tertiary/aromatic N) is 1. The van der Waals surface area contributed by atoms with E-state index < -0.39 is 0 Å². The molecule has 1 saturated heterocycles. The molecule has 1 aliphatic heterocycles. The Hall–Kier alpha value is -1.06. The van der Waals surface area contributed by atoms with Crippen LogP contribution in [0.4, 0.5) is 5.69 Å². The van der Waals surface area contributed by atoms with Crippen molar-refractivity contribution >= 4 is 23.1 Å². The first-order valence-electron chi connectivity index (χ1n) is 12.2. The van der Waals surface area contributed by atoms with Crippen molar-refractivity contribution in [2.75, 3.05) is 31.7 Å². The molecular weight excluding hydrogens is 406 g/mol. The van der Waals surface area contributed by atoms with Gasteiger partial charge in [-0.05, 0) is 86.5 Å². The number of carbonyl (C=O) groups excluding carboxylic acids is 1. The molecule has 4 heteroatoms. The molecule has 3 unspecified atom stereocenters. The Bertz CT molecular complexity index is 742. The van der Waals surface area contributed by atoms with Gasteiger partial charge in [-0.3, -0.25) is 4.79 Å². The van der Waals surface area contributed by atoms with Gasteiger partial charge in [-0.2, -0.15) is 0 Å². The van der Waals surface area contributed by atoms with E-state index in [-0.39, 0.29) is 16.1 Å². The molecular formula is C27H42ClNO2. The van der Waals surface area contributed by atoms with E-state index in [9.17, 15) is 4.79 Å². The van der Waals surface area contributed by atoms with Crippen molar-refractivity contribution in [3.05, 3.63) is 29.3 Å². The molecule has 0 radical (unpaired) electrons. The number of carbonyl (C=O) groups is 1. The second-order valence-corrected chi connectivity index (χ2v) is 11.9. The molecule has 174 valence electrons. The van der Waals surface area contributed by atoms with Crippen LogP contribution in [0.5, 0.6) is 0 Å². The van der Waals surface area contributed by atoms with Crippen molar-refractivity contribution in [1.82, 2.24) is 0 Å². The van der Waals surface area contributed by atoms with Gasteiger partial charge in [0.25, 0.3) is 0 Å². The van der Waals surface area contributed by atoms with Gasteiger partial charge in [-0.1, -0.05) is 27.2 Å². The van der Waals surface area contributed by atoms with Crippen LogP contribution in [-0.2, 0) is 4.74 Å². The summed E-state index contributed by atoms with van der Waals surface area (Å²) in [7, 11) is 1.65. The topological polar surface area (TPSA) is 29.5 Å². The summed E-state index contributed by atoms with van der Waals surface area (Å²) in [6.45, 7) is 11.9. The van der Waals surface area contributed by atoms with Gasteiger partial charge >= 0.3 is 0 Å². The molecule has 0 spiro atoms. The molecule has 1 saturated carbocycles. The number of benzene rings is 1. The fraction of sp³-hybridized carbons (Fsp3) is 0.741. The van der Waals surface area contributed by atoms with E-state index in [0.29, 0.717) is 18.9 Å². The number of methoxy groups -OCH3 is 1. The quantitative estimate of drug-likeness (QED) is 0.326. The Labute approximate surface area is 194 Å². The number of ether oxygens (including phenoxy) is 1. The molecule has 0 amide bonds. The van der Waals surface area contributed by atoms with Crippen LogP contribution in [0.1, 0.15) is 101 Å². The molecule has 31 heavy (non-hydrogen) atoms. The summed E-state index contributed by atoms with van der Waals surface area (Å²) in [6, 6.07) is 6.44. The van der Waals surface area contributed by atoms with Crippen LogP contribution >= 0.6 is 11.6 Å². The molecule has 3 nitrogen and oxygen atoms in total. The summed E-state index contributed by atoms with van der Waals surface area (Å²) in [6.07, 6.45) is 8.64. The molecule has 1 aromatic rings. The van der Waals surface area contributed by atoms with Crippen molar-refractivity contribution in [2.45, 2.75) is 89.9 Å². The molecule has 3 rings (SSSR count). The van der Waals surface area contributed by atoms with Crippen LogP contribution in [0.25, 0.3) is 0 Å². The number of alkyl halides is 1. The van der Waals surface area contributed by atoms with E-state index in [1.54, 1.807) is 7.11 Å². The van der Waals surface area contributed by atoms with Gasteiger partial charge in [0, 0.05) is 42.7 Å². The lowest BCUT2D eigenvalue weighted by Crippen LogP contribution is -2.36. The van der Waals surface area contributed by atoms with Crippen LogP contribution in [0, 0.1) is 11.3 Å². The van der Waals surface area contributed by atoms with Crippen molar-refractivity contribution in [3.8, 4) is 0 Å². The number of hydrogen-bond donors (Lipinski definition) is 0. The smallest absolute Gasteiger partial charge is 0.165 e. The highest BCUT2D eigenvalue weighted by atomic mass is 35.5. The zero-order valence-electron chi connectivity index (χ0n) is 20.3. The minimum atomic E-state index is -0.203. The number of halogens is 1. The van der Waals surface area contributed by atoms with Gasteiger partial charge in [-0.25, -0.2) is 0 Å². The molecule has 0 N–H and O–H groups in total. The van der Waals surface area contributed by atoms with Crippen molar-refractivity contribution in [2.24, 2.45) is 11.3 Å². The first kappa shape index (κ1) is 24.6. The Morgan fingerprint density at radius 2 is 1.97 bits per heavy atom. The van der Waals surface area contributed by atoms with E-state index in [2.05, 4.69) is 44.7 Å². The third-order valence-corrected chi connectivity index (χ3v) is 7.69. The SMILES string of the molecule is CCC1CCCN(c2ccc(C(=O)CCOC)cc2C2CC(C)(C)CC(C)(Cl)C2)CC1. The lowest BCUT2D eigenvalue weighted by Gasteiger charge is -2.44. The van der Waals surface area contributed by atoms with Gasteiger partial charge < -0.3 is 9.64 Å². The number of Topliss-reactive ketones (excluding diaryl/α,β-unsaturated/α-hetero) is 1. The predicted octanol–water partition coefficient (Wildman–Crippen LogP) is 7.21. The fourth-order valence-corrected chi connectivity index (χ4v) is 6.66. The Kier molecular flexibility index (Phi) is 8.13. The van der Waals surface area contributed by atoms with Gasteiger partial charge in [0.2, 0.25) is 0 Å². The van der Waals surface area contributed by atoms with E-state index >= 15 is 0 Å². The molecule has 3 atom stereocenters. The van der Waals surface area contributed by atoms with Gasteiger partial charge in [0.15, 0.2) is 5.78 Å². The van der Waals surface area contributed by atoms with Gasteiger partial charge in [0.1, 0.15) is 0 Å². The summed E-state index contributed by atoms with van der Waals surface area (Å²) < 4.78 is 5.14. The third kappa shape index (κ3) is 6.48. The molecule has 0 aromatic heterocycles. The second-order valence-electron chi connectivity index (χ2n) is 11.0. The highest BCUT2D eigenvalue weighted by molar-refractivity contribution is 6.23. The molecule has 2 aliphatic rings. The van der Waals surface area contributed by atoms with E-state index in [1.165, 1.54) is 36.9 Å². The lowest BCUT2D eigenvalue weighted by molar-refractivity contribution is 0.0932. The second kappa shape index (κ2) is 10.3. The highest BCUT2D eigenvalue weighted by Crippen LogP contribution is 2.52. The van der Waals surface area contributed by atoms with E-state index in [4.69, 9.17) is 16.3 Å². The molecule has 1 aromatic carbocycles. The van der Waals surface area contributed by atoms with Gasteiger partial charge in [-0.15, -0.1) is 11.6 Å². The van der Waals surface area contributed by atoms with Crippen LogP contribution in [0.15, 0.2) is 18.2 Å². The summed E-state index contributed by atoms with van der Waals surface area (Å²) in [5, 5.41) is 0. The minimum Gasteiger partial charge on any atom is -0.384 e. The van der Waals surface area contributed by atoms with Crippen LogP contribution in [-0.4, -0.2) is 37.5 Å². The number of hydrogen-bond acceptors (Lipinski definition) is 3. The Balaban J connectivity index is 1.97. The largest absolute Gasteiger partial charge is 0.384 e. The van der Waals surface area contributed by atoms with Crippen molar-refractivity contribution in [1.29, 1.82) is 0 Å². The predicted molar refractivity (Wildman–Crippen MR) is 132 cm³/mol. The summed E-state index contributed by atoms with van der Waals surface area (Å²) in [5.74, 6) is 1.38. The minimum absolute atomic E-state index is 0.167. The van der Waals surface area contributed by atoms with E-state index in [1.807, 2.05) is 6.07 Å². The maximum atomic E-state index is 12.8.